The molecule has 17 heteroatoms. The van der Waals surface area contributed by atoms with Crippen molar-refractivity contribution in [2.45, 2.75) is 129 Å². The van der Waals surface area contributed by atoms with Crippen LogP contribution in [-0.4, -0.2) is 91.1 Å². The van der Waals surface area contributed by atoms with Gasteiger partial charge in [-0.2, -0.15) is 0 Å². The average molecular weight is 910 g/mol. The average Bonchev–Trinajstić information content (AvgIpc) is 4.12. The zero-order valence-corrected chi connectivity index (χ0v) is 38.9. The van der Waals surface area contributed by atoms with E-state index in [0.717, 1.165) is 17.7 Å². The highest BCUT2D eigenvalue weighted by Gasteiger charge is 2.42. The maximum absolute atomic E-state index is 16.7. The third-order valence-electron chi connectivity index (χ3n) is 13.7. The van der Waals surface area contributed by atoms with Crippen molar-refractivity contribution in [3.8, 4) is 0 Å². The van der Waals surface area contributed by atoms with Gasteiger partial charge in [-0.05, 0) is 91.7 Å². The molecule has 6 atom stereocenters. The standard InChI is InChI=1S/C49H61F2N9O6/c1-25(2)41(56-47(63)64)45(61)58-19-9-11-39(58)43-52-33-21-29(31(50)23-35(33)54-43)37-17-18-38(60(37)28-15-13-27(14-16-28)49(5,6)7)30-22-34-36(24-32(30)51)55-44(53-34)40-12-10-20-59(40)46(62)42(26(3)4)57-48(65)66-8/h13-16,21-26,37-42,56H,9-12,17-20H2,1-8H3,(H,52,54)(H,53,55)(H,57,65)(H,63,64)/t37-,38+,39+,40?,41+,42+/m1/s1. The lowest BCUT2D eigenvalue weighted by Gasteiger charge is -2.34. The van der Waals surface area contributed by atoms with Crippen LogP contribution in [0.1, 0.15) is 139 Å². The van der Waals surface area contributed by atoms with Gasteiger partial charge in [0.05, 0.1) is 53.3 Å². The summed E-state index contributed by atoms with van der Waals surface area (Å²) in [7, 11) is 1.25. The number of halogens is 2. The van der Waals surface area contributed by atoms with Gasteiger partial charge in [0.2, 0.25) is 11.8 Å². The third-order valence-corrected chi connectivity index (χ3v) is 13.7. The number of carbonyl (C=O) groups is 4. The van der Waals surface area contributed by atoms with Crippen LogP contribution < -0.4 is 15.5 Å². The Morgan fingerprint density at radius 3 is 1.70 bits per heavy atom. The number of H-pyrrole nitrogens is 2. The van der Waals surface area contributed by atoms with Crippen LogP contribution in [0.25, 0.3) is 22.1 Å². The molecule has 352 valence electrons. The first kappa shape index (κ1) is 46.3. The number of hydrogen-bond acceptors (Lipinski definition) is 8. The molecular formula is C49H61F2N9O6. The summed E-state index contributed by atoms with van der Waals surface area (Å²) in [4.78, 5) is 73.2. The molecule has 2 aromatic heterocycles. The topological polar surface area (TPSA) is 189 Å². The van der Waals surface area contributed by atoms with E-state index in [9.17, 15) is 24.3 Å². The number of hydrogen-bond donors (Lipinski definition) is 5. The van der Waals surface area contributed by atoms with Crippen LogP contribution in [0, 0.1) is 23.5 Å². The molecule has 15 nitrogen and oxygen atoms in total. The van der Waals surface area contributed by atoms with Gasteiger partial charge in [-0.25, -0.2) is 28.3 Å². The summed E-state index contributed by atoms with van der Waals surface area (Å²) < 4.78 is 38.2. The molecule has 0 aliphatic carbocycles. The summed E-state index contributed by atoms with van der Waals surface area (Å²) in [6.07, 6.45) is 1.73. The molecule has 0 radical (unpaired) electrons. The number of alkyl carbamates (subject to hydrolysis) is 1. The lowest BCUT2D eigenvalue weighted by molar-refractivity contribution is -0.136. The van der Waals surface area contributed by atoms with Crippen LogP contribution in [0.15, 0.2) is 48.5 Å². The Morgan fingerprint density at radius 1 is 0.712 bits per heavy atom. The van der Waals surface area contributed by atoms with Gasteiger partial charge < -0.3 is 45.1 Å². The first-order valence-electron chi connectivity index (χ1n) is 23.1. The number of carbonyl (C=O) groups excluding carboxylic acids is 3. The Balaban J connectivity index is 1.13. The predicted octanol–water partition coefficient (Wildman–Crippen LogP) is 9.10. The van der Waals surface area contributed by atoms with Gasteiger partial charge >= 0.3 is 12.2 Å². The summed E-state index contributed by atoms with van der Waals surface area (Å²) in [5, 5.41) is 14.5. The summed E-state index contributed by atoms with van der Waals surface area (Å²) in [6, 6.07) is 11.0. The molecule has 5 aromatic rings. The number of likely N-dealkylation sites (tertiary alicyclic amines) is 2. The molecule has 66 heavy (non-hydrogen) atoms. The van der Waals surface area contributed by atoms with Crippen molar-refractivity contribution in [3.05, 3.63) is 88.5 Å². The number of ether oxygens (including phenoxy) is 1. The first-order chi connectivity index (χ1) is 31.3. The fraction of sp³-hybridized carbons (Fsp3) is 0.510. The Kier molecular flexibility index (Phi) is 12.8. The number of aromatic nitrogens is 4. The molecule has 0 saturated carbocycles. The van der Waals surface area contributed by atoms with Crippen LogP contribution in [0.3, 0.4) is 0 Å². The zero-order chi connectivity index (χ0) is 47.4. The molecule has 1 unspecified atom stereocenters. The van der Waals surface area contributed by atoms with E-state index in [1.165, 1.54) is 19.2 Å². The smallest absolute Gasteiger partial charge is 0.407 e. The predicted molar refractivity (Wildman–Crippen MR) is 246 cm³/mol. The van der Waals surface area contributed by atoms with Crippen molar-refractivity contribution >= 4 is 51.8 Å². The normalized spacial score (nSPS) is 21.1. The molecule has 3 aliphatic heterocycles. The van der Waals surface area contributed by atoms with Crippen molar-refractivity contribution in [1.82, 2.24) is 40.4 Å². The first-order valence-corrected chi connectivity index (χ1v) is 23.1. The highest BCUT2D eigenvalue weighted by molar-refractivity contribution is 5.87. The van der Waals surface area contributed by atoms with E-state index in [1.807, 2.05) is 26.0 Å². The summed E-state index contributed by atoms with van der Waals surface area (Å²) in [6.45, 7) is 14.6. The van der Waals surface area contributed by atoms with Gasteiger partial charge in [-0.1, -0.05) is 60.6 Å². The minimum Gasteiger partial charge on any atom is -0.465 e. The quantitative estimate of drug-likeness (QED) is 0.0861. The number of imidazole rings is 2. The fourth-order valence-corrected chi connectivity index (χ4v) is 10.2. The van der Waals surface area contributed by atoms with Gasteiger partial charge in [0.1, 0.15) is 35.4 Å². The maximum atomic E-state index is 16.7. The van der Waals surface area contributed by atoms with Crippen LogP contribution in [0.2, 0.25) is 0 Å². The minimum atomic E-state index is -1.27. The number of aromatic amines is 2. The Bertz CT molecular complexity index is 2640. The van der Waals surface area contributed by atoms with Crippen molar-refractivity contribution < 1.29 is 37.8 Å². The number of anilines is 1. The highest BCUT2D eigenvalue weighted by Crippen LogP contribution is 2.49. The second-order valence-electron chi connectivity index (χ2n) is 19.7. The van der Waals surface area contributed by atoms with Gasteiger partial charge in [-0.3, -0.25) is 9.59 Å². The largest absolute Gasteiger partial charge is 0.465 e. The van der Waals surface area contributed by atoms with E-state index in [4.69, 9.17) is 14.7 Å². The summed E-state index contributed by atoms with van der Waals surface area (Å²) in [5.41, 5.74) is 4.65. The second-order valence-corrected chi connectivity index (χ2v) is 19.7. The second kappa shape index (κ2) is 18.2. The van der Waals surface area contributed by atoms with Crippen LogP contribution in [0.5, 0.6) is 0 Å². The van der Waals surface area contributed by atoms with E-state index in [1.54, 1.807) is 35.8 Å². The molecule has 4 amide bonds. The van der Waals surface area contributed by atoms with Crippen LogP contribution >= 0.6 is 0 Å². The maximum Gasteiger partial charge on any atom is 0.407 e. The highest BCUT2D eigenvalue weighted by atomic mass is 19.1. The number of carboxylic acid groups (broad SMARTS) is 1. The Hall–Kier alpha value is -6.26. The van der Waals surface area contributed by atoms with Crippen LogP contribution in [0.4, 0.5) is 24.1 Å². The van der Waals surface area contributed by atoms with Gasteiger partial charge in [0, 0.05) is 36.0 Å². The van der Waals surface area contributed by atoms with Crippen molar-refractivity contribution in [2.75, 3.05) is 25.1 Å². The van der Waals surface area contributed by atoms with E-state index < -0.39 is 60.1 Å². The summed E-state index contributed by atoms with van der Waals surface area (Å²) >= 11 is 0. The number of nitrogens with one attached hydrogen (secondary N) is 4. The number of amides is 4. The van der Waals surface area contributed by atoms with Gasteiger partial charge in [-0.15, -0.1) is 0 Å². The van der Waals surface area contributed by atoms with E-state index in [0.29, 0.717) is 90.0 Å². The molecule has 3 aliphatic rings. The number of rotatable bonds is 11. The molecule has 8 rings (SSSR count). The SMILES string of the molecule is COC(=O)N[C@H](C(=O)N1CCCC1c1nc2cc(F)c([C@@H]3CC[C@H](c4cc5nc([C@@H]6CCCN6C(=O)[C@@H](NC(=O)O)C(C)C)[nH]c5cc4F)N3c3ccc(C(C)(C)C)cc3)cc2[nH]1)C(C)C. The molecular weight excluding hydrogens is 849 g/mol. The molecule has 3 saturated heterocycles. The Labute approximate surface area is 383 Å². The zero-order valence-electron chi connectivity index (χ0n) is 38.9. The Morgan fingerprint density at radius 2 is 1.20 bits per heavy atom. The number of methoxy groups -OCH3 is 1. The number of benzene rings is 3. The third kappa shape index (κ3) is 8.87. The molecule has 5 N–H and O–H groups in total. The fourth-order valence-electron chi connectivity index (χ4n) is 10.2. The van der Waals surface area contributed by atoms with Crippen molar-refractivity contribution in [2.24, 2.45) is 11.8 Å². The summed E-state index contributed by atoms with van der Waals surface area (Å²) in [5.74, 6) is -0.921. The minimum absolute atomic E-state index is 0.123. The van der Waals surface area contributed by atoms with E-state index >= 15 is 8.78 Å². The monoisotopic (exact) mass is 909 g/mol. The molecule has 3 fully saturated rings. The van der Waals surface area contributed by atoms with Crippen molar-refractivity contribution in [3.63, 3.8) is 0 Å². The van der Waals surface area contributed by atoms with Gasteiger partial charge in [0.15, 0.2) is 0 Å². The van der Waals surface area contributed by atoms with E-state index in [-0.39, 0.29) is 29.1 Å². The number of fused-ring (bicyclic) bond motifs is 2. The van der Waals surface area contributed by atoms with Crippen molar-refractivity contribution in [1.29, 1.82) is 0 Å². The lowest BCUT2D eigenvalue weighted by Crippen LogP contribution is -2.51. The van der Waals surface area contributed by atoms with E-state index in [2.05, 4.69) is 58.4 Å². The molecule has 3 aromatic carbocycles. The van der Waals surface area contributed by atoms with Crippen LogP contribution in [-0.2, 0) is 19.7 Å². The molecule has 5 heterocycles. The molecule has 0 bridgehead atoms. The molecule has 0 spiro atoms. The lowest BCUT2D eigenvalue weighted by atomic mass is 9.87. The van der Waals surface area contributed by atoms with Gasteiger partial charge in [0.25, 0.3) is 0 Å². The number of nitrogens with zero attached hydrogens (tertiary/aromatic N) is 5.